The number of hydrogen-bond donors (Lipinski definition) is 2. The minimum Gasteiger partial charge on any atom is -0.491 e. The number of rotatable bonds is 4. The van der Waals surface area contributed by atoms with Crippen molar-refractivity contribution in [2.75, 3.05) is 33.5 Å². The van der Waals surface area contributed by atoms with Crippen LogP contribution < -0.4 is 10.2 Å². The second-order valence-electron chi connectivity index (χ2n) is 6.54. The maximum atomic E-state index is 13.1. The molecule has 0 aliphatic carbocycles. The summed E-state index contributed by atoms with van der Waals surface area (Å²) in [5, 5.41) is 8.80. The highest BCUT2D eigenvalue weighted by Gasteiger charge is 2.33. The molecular weight excluding hydrogens is 340 g/mol. The first-order chi connectivity index (χ1) is 12.6. The van der Waals surface area contributed by atoms with Gasteiger partial charge in [0.05, 0.1) is 12.6 Å². The fourth-order valence-electron chi connectivity index (χ4n) is 3.38. The van der Waals surface area contributed by atoms with Crippen molar-refractivity contribution in [3.05, 3.63) is 29.3 Å². The first kappa shape index (κ1) is 18.6. The van der Waals surface area contributed by atoms with E-state index in [-0.39, 0.29) is 24.5 Å². The van der Waals surface area contributed by atoms with E-state index in [9.17, 15) is 9.59 Å². The summed E-state index contributed by atoms with van der Waals surface area (Å²) in [5.41, 5.74) is 2.72. The first-order valence-corrected chi connectivity index (χ1v) is 8.71. The summed E-state index contributed by atoms with van der Waals surface area (Å²) >= 11 is 0. The molecule has 142 valence electrons. The molecule has 1 aromatic carbocycles. The maximum Gasteiger partial charge on any atom is 0.274 e. The van der Waals surface area contributed by atoms with Crippen molar-refractivity contribution < 1.29 is 29.0 Å². The zero-order chi connectivity index (χ0) is 18.5. The Morgan fingerprint density at radius 1 is 1.35 bits per heavy atom. The average Bonchev–Trinajstić information content (AvgIpc) is 2.87. The standard InChI is InChI=1S/C18H24N2O6/c1-24-10-15-11-26-16-8-13(17(21)19-23)2-3-14(16)9-20(15)18(22)12-4-6-25-7-5-12/h2-3,8,12,15,23H,4-7,9-11H2,1H3,(H,19,21). The second-order valence-corrected chi connectivity index (χ2v) is 6.54. The van der Waals surface area contributed by atoms with Crippen LogP contribution in [0.25, 0.3) is 0 Å². The number of hydroxylamine groups is 1. The lowest BCUT2D eigenvalue weighted by molar-refractivity contribution is -0.143. The topological polar surface area (TPSA) is 97.3 Å². The van der Waals surface area contributed by atoms with Crippen molar-refractivity contribution >= 4 is 11.8 Å². The van der Waals surface area contributed by atoms with Crippen molar-refractivity contribution in [3.8, 4) is 5.75 Å². The highest BCUT2D eigenvalue weighted by molar-refractivity contribution is 5.93. The predicted octanol–water partition coefficient (Wildman–Crippen LogP) is 0.968. The third-order valence-corrected chi connectivity index (χ3v) is 4.86. The van der Waals surface area contributed by atoms with Gasteiger partial charge < -0.3 is 19.1 Å². The molecule has 0 saturated carbocycles. The van der Waals surface area contributed by atoms with Crippen molar-refractivity contribution in [3.63, 3.8) is 0 Å². The van der Waals surface area contributed by atoms with Crippen LogP contribution in [0.3, 0.4) is 0 Å². The molecule has 26 heavy (non-hydrogen) atoms. The van der Waals surface area contributed by atoms with Gasteiger partial charge in [0.1, 0.15) is 12.4 Å². The van der Waals surface area contributed by atoms with Crippen LogP contribution in [0.2, 0.25) is 0 Å². The molecule has 1 atom stereocenters. The van der Waals surface area contributed by atoms with Gasteiger partial charge >= 0.3 is 0 Å². The zero-order valence-electron chi connectivity index (χ0n) is 14.8. The van der Waals surface area contributed by atoms with E-state index in [1.165, 1.54) is 0 Å². The van der Waals surface area contributed by atoms with Gasteiger partial charge in [0.15, 0.2) is 0 Å². The van der Waals surface area contributed by atoms with Crippen LogP contribution in [0.15, 0.2) is 18.2 Å². The zero-order valence-corrected chi connectivity index (χ0v) is 14.8. The summed E-state index contributed by atoms with van der Waals surface area (Å²) in [6.07, 6.45) is 1.44. The van der Waals surface area contributed by atoms with E-state index >= 15 is 0 Å². The summed E-state index contributed by atoms with van der Waals surface area (Å²) in [7, 11) is 1.60. The summed E-state index contributed by atoms with van der Waals surface area (Å²) in [6, 6.07) is 4.71. The van der Waals surface area contributed by atoms with Crippen LogP contribution in [0.4, 0.5) is 0 Å². The molecular formula is C18H24N2O6. The third-order valence-electron chi connectivity index (χ3n) is 4.86. The maximum absolute atomic E-state index is 13.1. The number of methoxy groups -OCH3 is 1. The highest BCUT2D eigenvalue weighted by atomic mass is 16.5. The second kappa shape index (κ2) is 8.48. The molecule has 0 radical (unpaired) electrons. The quantitative estimate of drug-likeness (QED) is 0.610. The Hall–Kier alpha value is -2.16. The summed E-state index contributed by atoms with van der Waals surface area (Å²) in [4.78, 5) is 26.5. The smallest absolute Gasteiger partial charge is 0.274 e. The Morgan fingerprint density at radius 2 is 2.12 bits per heavy atom. The number of nitrogens with zero attached hydrogens (tertiary/aromatic N) is 1. The molecule has 1 saturated heterocycles. The van der Waals surface area contributed by atoms with Gasteiger partial charge in [-0.3, -0.25) is 14.8 Å². The van der Waals surface area contributed by atoms with E-state index in [4.69, 9.17) is 19.4 Å². The average molecular weight is 364 g/mol. The van der Waals surface area contributed by atoms with Gasteiger partial charge in [-0.05, 0) is 25.0 Å². The molecule has 0 bridgehead atoms. The van der Waals surface area contributed by atoms with Crippen LogP contribution in [-0.4, -0.2) is 61.5 Å². The number of nitrogens with one attached hydrogen (secondary N) is 1. The molecule has 2 aliphatic heterocycles. The van der Waals surface area contributed by atoms with E-state index in [1.807, 2.05) is 4.90 Å². The van der Waals surface area contributed by atoms with Gasteiger partial charge in [-0.15, -0.1) is 0 Å². The van der Waals surface area contributed by atoms with Crippen LogP contribution in [0.1, 0.15) is 28.8 Å². The van der Waals surface area contributed by atoms with Crippen LogP contribution >= 0.6 is 0 Å². The SMILES string of the molecule is COCC1COc2cc(C(=O)NO)ccc2CN1C(=O)C1CCOCC1. The van der Waals surface area contributed by atoms with Gasteiger partial charge in [-0.1, -0.05) is 6.07 Å². The van der Waals surface area contributed by atoms with E-state index < -0.39 is 5.91 Å². The Kier molecular flexibility index (Phi) is 6.08. The van der Waals surface area contributed by atoms with Gasteiger partial charge in [0.2, 0.25) is 5.91 Å². The molecule has 2 aliphatic rings. The third kappa shape index (κ3) is 3.98. The molecule has 0 spiro atoms. The number of carbonyl (C=O) groups is 2. The largest absolute Gasteiger partial charge is 0.491 e. The Bertz CT molecular complexity index is 659. The van der Waals surface area contributed by atoms with Crippen molar-refractivity contribution in [2.45, 2.75) is 25.4 Å². The van der Waals surface area contributed by atoms with E-state index in [0.29, 0.717) is 37.7 Å². The summed E-state index contributed by atoms with van der Waals surface area (Å²) in [6.45, 7) is 2.24. The Balaban J connectivity index is 1.85. The number of fused-ring (bicyclic) bond motifs is 1. The fourth-order valence-corrected chi connectivity index (χ4v) is 3.38. The summed E-state index contributed by atoms with van der Waals surface area (Å²) < 4.78 is 16.5. The molecule has 1 unspecified atom stereocenters. The van der Waals surface area contributed by atoms with Crippen molar-refractivity contribution in [1.29, 1.82) is 0 Å². The molecule has 1 aromatic rings. The minimum atomic E-state index is -0.607. The van der Waals surface area contributed by atoms with Crippen LogP contribution in [0.5, 0.6) is 5.75 Å². The number of benzene rings is 1. The molecule has 8 nitrogen and oxygen atoms in total. The molecule has 8 heteroatoms. The van der Waals surface area contributed by atoms with E-state index in [0.717, 1.165) is 18.4 Å². The van der Waals surface area contributed by atoms with Gasteiger partial charge in [-0.2, -0.15) is 0 Å². The van der Waals surface area contributed by atoms with Crippen molar-refractivity contribution in [2.24, 2.45) is 5.92 Å². The normalized spacial score (nSPS) is 20.7. The van der Waals surface area contributed by atoms with Crippen molar-refractivity contribution in [1.82, 2.24) is 10.4 Å². The monoisotopic (exact) mass is 364 g/mol. The first-order valence-electron chi connectivity index (χ1n) is 8.71. The molecule has 0 aromatic heterocycles. The fraction of sp³-hybridized carbons (Fsp3) is 0.556. The molecule has 2 amide bonds. The predicted molar refractivity (Wildman–Crippen MR) is 90.9 cm³/mol. The van der Waals surface area contributed by atoms with Gasteiger partial charge in [0, 0.05) is 43.9 Å². The lowest BCUT2D eigenvalue weighted by atomic mass is 9.97. The number of ether oxygens (including phenoxy) is 3. The molecule has 3 rings (SSSR count). The lowest BCUT2D eigenvalue weighted by Crippen LogP contribution is -2.47. The van der Waals surface area contributed by atoms with Crippen LogP contribution in [-0.2, 0) is 20.8 Å². The van der Waals surface area contributed by atoms with Gasteiger partial charge in [-0.25, -0.2) is 5.48 Å². The van der Waals surface area contributed by atoms with E-state index in [2.05, 4.69) is 0 Å². The molecule has 2 N–H and O–H groups in total. The molecule has 2 heterocycles. The Labute approximate surface area is 152 Å². The number of amides is 2. The highest BCUT2D eigenvalue weighted by Crippen LogP contribution is 2.29. The summed E-state index contributed by atoms with van der Waals surface area (Å²) in [5.74, 6) is -0.0354. The molecule has 1 fully saturated rings. The van der Waals surface area contributed by atoms with Gasteiger partial charge in [0.25, 0.3) is 5.91 Å². The van der Waals surface area contributed by atoms with E-state index in [1.54, 1.807) is 30.8 Å². The lowest BCUT2D eigenvalue weighted by Gasteiger charge is -2.33. The number of carbonyl (C=O) groups excluding carboxylic acids is 2. The van der Waals surface area contributed by atoms with Crippen LogP contribution in [0, 0.1) is 5.92 Å². The number of hydrogen-bond acceptors (Lipinski definition) is 6. The Morgan fingerprint density at radius 3 is 2.81 bits per heavy atom. The minimum absolute atomic E-state index is 0.0518.